The Bertz CT molecular complexity index is 244. The Balaban J connectivity index is 2.02. The van der Waals surface area contributed by atoms with Gasteiger partial charge in [-0.3, -0.25) is 4.90 Å². The zero-order valence-corrected chi connectivity index (χ0v) is 11.6. The van der Waals surface area contributed by atoms with Crippen molar-refractivity contribution in [3.63, 3.8) is 0 Å². The van der Waals surface area contributed by atoms with E-state index in [1.165, 1.54) is 32.2 Å². The molecule has 0 aliphatic carbocycles. The molecule has 0 spiro atoms. The van der Waals surface area contributed by atoms with Crippen molar-refractivity contribution in [2.24, 2.45) is 11.7 Å². The van der Waals surface area contributed by atoms with E-state index in [4.69, 9.17) is 10.5 Å². The summed E-state index contributed by atoms with van der Waals surface area (Å²) in [6, 6.07) is 1.15. The predicted octanol–water partition coefficient (Wildman–Crippen LogP) is 2.00. The second-order valence-electron chi connectivity index (χ2n) is 6.06. The molecule has 2 saturated heterocycles. The average molecular weight is 240 g/mol. The molecule has 0 saturated carbocycles. The first kappa shape index (κ1) is 13.3. The summed E-state index contributed by atoms with van der Waals surface area (Å²) in [5, 5.41) is 0. The largest absolute Gasteiger partial charge is 0.374 e. The van der Waals surface area contributed by atoms with Gasteiger partial charge in [-0.25, -0.2) is 0 Å². The highest BCUT2D eigenvalue weighted by molar-refractivity contribution is 4.92. The van der Waals surface area contributed by atoms with Gasteiger partial charge in [-0.2, -0.15) is 0 Å². The molecule has 2 aliphatic heterocycles. The molecule has 0 amide bonds. The number of nitrogens with zero attached hydrogens (tertiary/aromatic N) is 1. The minimum Gasteiger partial charge on any atom is -0.374 e. The van der Waals surface area contributed by atoms with Crippen LogP contribution >= 0.6 is 0 Å². The molecule has 2 heterocycles. The maximum absolute atomic E-state index is 6.03. The number of rotatable bonds is 4. The summed E-state index contributed by atoms with van der Waals surface area (Å²) in [6.45, 7) is 8.78. The molecule has 0 aromatic carbocycles. The quantitative estimate of drug-likeness (QED) is 0.817. The first-order chi connectivity index (χ1) is 8.13. The molecule has 4 unspecified atom stereocenters. The molecule has 100 valence electrons. The molecule has 2 aliphatic rings. The van der Waals surface area contributed by atoms with Gasteiger partial charge < -0.3 is 10.5 Å². The van der Waals surface area contributed by atoms with Crippen LogP contribution in [0.4, 0.5) is 0 Å². The summed E-state index contributed by atoms with van der Waals surface area (Å²) < 4.78 is 6.03. The molecule has 2 fully saturated rings. The van der Waals surface area contributed by atoms with Gasteiger partial charge in [0.05, 0.1) is 12.2 Å². The van der Waals surface area contributed by atoms with Crippen LogP contribution < -0.4 is 5.73 Å². The second kappa shape index (κ2) is 5.68. The van der Waals surface area contributed by atoms with Crippen molar-refractivity contribution >= 4 is 0 Å². The van der Waals surface area contributed by atoms with Gasteiger partial charge in [0.15, 0.2) is 0 Å². The van der Waals surface area contributed by atoms with Crippen LogP contribution in [0.25, 0.3) is 0 Å². The van der Waals surface area contributed by atoms with Crippen molar-refractivity contribution in [2.45, 2.75) is 70.7 Å². The summed E-state index contributed by atoms with van der Waals surface area (Å²) in [7, 11) is 0. The van der Waals surface area contributed by atoms with Crippen LogP contribution in [0.1, 0.15) is 46.5 Å². The van der Waals surface area contributed by atoms with Gasteiger partial charge in [0.25, 0.3) is 0 Å². The summed E-state index contributed by atoms with van der Waals surface area (Å²) in [5.41, 5.74) is 6.02. The highest BCUT2D eigenvalue weighted by atomic mass is 16.5. The van der Waals surface area contributed by atoms with Gasteiger partial charge in [0, 0.05) is 18.6 Å². The molecule has 3 heteroatoms. The van der Waals surface area contributed by atoms with E-state index in [1.54, 1.807) is 0 Å². The maximum atomic E-state index is 6.03. The molecule has 0 bridgehead atoms. The fraction of sp³-hybridized carbons (Fsp3) is 1.00. The first-order valence-electron chi connectivity index (χ1n) is 7.24. The summed E-state index contributed by atoms with van der Waals surface area (Å²) in [5.74, 6) is 0.727. The first-order valence-corrected chi connectivity index (χ1v) is 7.24. The third-order valence-corrected chi connectivity index (χ3v) is 4.47. The fourth-order valence-corrected chi connectivity index (χ4v) is 3.56. The van der Waals surface area contributed by atoms with Crippen LogP contribution in [0.3, 0.4) is 0 Å². The lowest BCUT2D eigenvalue weighted by Crippen LogP contribution is -2.51. The average Bonchev–Trinajstić information content (AvgIpc) is 2.89. The van der Waals surface area contributed by atoms with E-state index in [-0.39, 0.29) is 0 Å². The molecule has 0 aromatic heterocycles. The summed E-state index contributed by atoms with van der Waals surface area (Å²) in [6.07, 6.45) is 5.83. The summed E-state index contributed by atoms with van der Waals surface area (Å²) >= 11 is 0. The van der Waals surface area contributed by atoms with Crippen LogP contribution in [0, 0.1) is 5.92 Å². The molecule has 4 atom stereocenters. The van der Waals surface area contributed by atoms with Crippen molar-refractivity contribution in [3.05, 3.63) is 0 Å². The Morgan fingerprint density at radius 1 is 1.29 bits per heavy atom. The fourth-order valence-electron chi connectivity index (χ4n) is 3.56. The molecule has 17 heavy (non-hydrogen) atoms. The molecule has 2 N–H and O–H groups in total. The van der Waals surface area contributed by atoms with E-state index in [2.05, 4.69) is 25.7 Å². The molecule has 2 rings (SSSR count). The maximum Gasteiger partial charge on any atom is 0.0747 e. The zero-order valence-electron chi connectivity index (χ0n) is 11.6. The van der Waals surface area contributed by atoms with E-state index in [0.717, 1.165) is 12.5 Å². The minimum absolute atomic E-state index is 0.370. The highest BCUT2D eigenvalue weighted by Crippen LogP contribution is 2.31. The Labute approximate surface area is 106 Å². The van der Waals surface area contributed by atoms with Crippen LogP contribution in [0.2, 0.25) is 0 Å². The van der Waals surface area contributed by atoms with Crippen LogP contribution in [-0.4, -0.2) is 42.3 Å². The smallest absolute Gasteiger partial charge is 0.0747 e. The topological polar surface area (TPSA) is 38.5 Å². The number of nitrogens with two attached hydrogens (primary N) is 1. The molecular formula is C14H28N2O. The molecule has 0 radical (unpaired) electrons. The Kier molecular flexibility index (Phi) is 4.45. The lowest BCUT2D eigenvalue weighted by Gasteiger charge is -2.37. The van der Waals surface area contributed by atoms with E-state index in [1.807, 2.05) is 0 Å². The van der Waals surface area contributed by atoms with E-state index < -0.39 is 0 Å². The van der Waals surface area contributed by atoms with Crippen molar-refractivity contribution in [2.75, 3.05) is 13.1 Å². The van der Waals surface area contributed by atoms with Crippen molar-refractivity contribution in [1.82, 2.24) is 4.90 Å². The number of hydrogen-bond acceptors (Lipinski definition) is 3. The standard InChI is InChI=1S/C14H28N2O/c1-10(2)12-5-4-8-16(12)13(9-15)14-7-6-11(3)17-14/h10-14H,4-9,15H2,1-3H3. The normalized spacial score (nSPS) is 36.9. The molecule has 3 nitrogen and oxygen atoms in total. The molecular weight excluding hydrogens is 212 g/mol. The van der Waals surface area contributed by atoms with Crippen molar-refractivity contribution in [1.29, 1.82) is 0 Å². The van der Waals surface area contributed by atoms with Crippen LogP contribution in [-0.2, 0) is 4.74 Å². The van der Waals surface area contributed by atoms with Crippen molar-refractivity contribution < 1.29 is 4.74 Å². The van der Waals surface area contributed by atoms with E-state index in [0.29, 0.717) is 24.3 Å². The van der Waals surface area contributed by atoms with Gasteiger partial charge in [-0.1, -0.05) is 13.8 Å². The third-order valence-electron chi connectivity index (χ3n) is 4.47. The number of likely N-dealkylation sites (tertiary alicyclic amines) is 1. The van der Waals surface area contributed by atoms with Gasteiger partial charge >= 0.3 is 0 Å². The molecule has 0 aromatic rings. The van der Waals surface area contributed by atoms with Gasteiger partial charge in [0.1, 0.15) is 0 Å². The van der Waals surface area contributed by atoms with Gasteiger partial charge in [-0.05, 0) is 45.1 Å². The second-order valence-corrected chi connectivity index (χ2v) is 6.06. The Morgan fingerprint density at radius 3 is 2.59 bits per heavy atom. The minimum atomic E-state index is 0.370. The zero-order chi connectivity index (χ0) is 12.4. The SMILES string of the molecule is CC1CCC(C(CN)N2CCCC2C(C)C)O1. The van der Waals surface area contributed by atoms with E-state index >= 15 is 0 Å². The number of hydrogen-bond donors (Lipinski definition) is 1. The Morgan fingerprint density at radius 2 is 2.06 bits per heavy atom. The lowest BCUT2D eigenvalue weighted by atomic mass is 9.98. The summed E-state index contributed by atoms with van der Waals surface area (Å²) in [4.78, 5) is 2.63. The van der Waals surface area contributed by atoms with Crippen LogP contribution in [0.15, 0.2) is 0 Å². The van der Waals surface area contributed by atoms with Crippen LogP contribution in [0.5, 0.6) is 0 Å². The third kappa shape index (κ3) is 2.83. The lowest BCUT2D eigenvalue weighted by molar-refractivity contribution is -0.0131. The number of ether oxygens (including phenoxy) is 1. The predicted molar refractivity (Wildman–Crippen MR) is 71.0 cm³/mol. The Hall–Kier alpha value is -0.120. The van der Waals surface area contributed by atoms with E-state index in [9.17, 15) is 0 Å². The van der Waals surface area contributed by atoms with Crippen molar-refractivity contribution in [3.8, 4) is 0 Å². The van der Waals surface area contributed by atoms with Gasteiger partial charge in [-0.15, -0.1) is 0 Å². The van der Waals surface area contributed by atoms with Gasteiger partial charge in [0.2, 0.25) is 0 Å². The highest BCUT2D eigenvalue weighted by Gasteiger charge is 2.38. The monoisotopic (exact) mass is 240 g/mol.